The average molecular weight is 775 g/mol. The van der Waals surface area contributed by atoms with Gasteiger partial charge >= 0.3 is 0 Å². The molecule has 5 aromatic carbocycles. The number of fused-ring (bicyclic) bond motifs is 1. The zero-order chi connectivity index (χ0) is 38.8. The minimum absolute atomic E-state index is 0.204. The second kappa shape index (κ2) is 19.3. The Bertz CT molecular complexity index is 1900. The molecule has 3 aliphatic heterocycles. The maximum atomic E-state index is 11.5. The van der Waals surface area contributed by atoms with Crippen molar-refractivity contribution in [1.82, 2.24) is 0 Å². The molecule has 0 aromatic heterocycles. The third-order valence-electron chi connectivity index (χ3n) is 10.7. The van der Waals surface area contributed by atoms with Gasteiger partial charge in [0.1, 0.15) is 48.5 Å². The van der Waals surface area contributed by atoms with Crippen LogP contribution in [0.15, 0.2) is 152 Å². The highest BCUT2D eigenvalue weighted by Crippen LogP contribution is 2.38. The van der Waals surface area contributed by atoms with Gasteiger partial charge in [-0.05, 0) is 41.7 Å². The molecule has 2 N–H and O–H groups in total. The van der Waals surface area contributed by atoms with E-state index < -0.39 is 67.5 Å². The van der Waals surface area contributed by atoms with Gasteiger partial charge in [0.2, 0.25) is 6.29 Å². The van der Waals surface area contributed by atoms with E-state index in [-0.39, 0.29) is 6.61 Å². The van der Waals surface area contributed by atoms with Gasteiger partial charge in [-0.1, -0.05) is 140 Å². The Morgan fingerprint density at radius 3 is 1.56 bits per heavy atom. The van der Waals surface area contributed by atoms with Crippen LogP contribution < -0.4 is 4.74 Å². The van der Waals surface area contributed by atoms with Gasteiger partial charge in [-0.15, -0.1) is 0 Å². The molecule has 3 fully saturated rings. The average Bonchev–Trinajstić information content (AvgIpc) is 3.27. The van der Waals surface area contributed by atoms with E-state index in [0.29, 0.717) is 38.4 Å². The van der Waals surface area contributed by atoms with E-state index >= 15 is 0 Å². The van der Waals surface area contributed by atoms with Crippen LogP contribution in [-0.4, -0.2) is 78.0 Å². The van der Waals surface area contributed by atoms with Crippen LogP contribution in [-0.2, 0) is 53.0 Å². The predicted molar refractivity (Wildman–Crippen MR) is 211 cm³/mol. The molecule has 0 radical (unpaired) electrons. The van der Waals surface area contributed by atoms with Crippen molar-refractivity contribution in [3.63, 3.8) is 0 Å². The molecule has 3 heterocycles. The van der Waals surface area contributed by atoms with Gasteiger partial charge < -0.3 is 48.1 Å². The summed E-state index contributed by atoms with van der Waals surface area (Å²) < 4.78 is 52.5. The molecule has 11 atom stereocenters. The van der Waals surface area contributed by atoms with Crippen molar-refractivity contribution in [3.8, 4) is 5.75 Å². The first-order valence-electron chi connectivity index (χ1n) is 19.8. The first-order valence-corrected chi connectivity index (χ1v) is 19.8. The van der Waals surface area contributed by atoms with Gasteiger partial charge in [-0.25, -0.2) is 0 Å². The van der Waals surface area contributed by atoms with E-state index in [9.17, 15) is 10.2 Å². The first kappa shape index (κ1) is 39.4. The molecule has 10 heteroatoms. The zero-order valence-corrected chi connectivity index (χ0v) is 31.7. The second-order valence-electron chi connectivity index (χ2n) is 14.7. The summed E-state index contributed by atoms with van der Waals surface area (Å²) in [4.78, 5) is 0. The normalized spacial score (nSPS) is 30.0. The summed E-state index contributed by atoms with van der Waals surface area (Å²) in [7, 11) is 0. The number of aliphatic hydroxyl groups excluding tert-OH is 2. The Morgan fingerprint density at radius 2 is 0.982 bits per heavy atom. The van der Waals surface area contributed by atoms with E-state index in [1.165, 1.54) is 0 Å². The first-order chi connectivity index (χ1) is 28.1. The van der Waals surface area contributed by atoms with Crippen LogP contribution >= 0.6 is 0 Å². The van der Waals surface area contributed by atoms with E-state index in [0.717, 1.165) is 22.3 Å². The molecule has 0 saturated carbocycles. The van der Waals surface area contributed by atoms with Gasteiger partial charge in [0.25, 0.3) is 0 Å². The van der Waals surface area contributed by atoms with Crippen LogP contribution in [0.4, 0.5) is 0 Å². The Labute approximate surface area is 333 Å². The van der Waals surface area contributed by atoms with Crippen molar-refractivity contribution in [2.24, 2.45) is 0 Å². The Hall–Kier alpha value is -4.46. The van der Waals surface area contributed by atoms with Gasteiger partial charge in [-0.2, -0.15) is 0 Å². The van der Waals surface area contributed by atoms with Gasteiger partial charge in [0.15, 0.2) is 6.29 Å². The number of ether oxygens (including phenoxy) is 8. The van der Waals surface area contributed by atoms with Crippen LogP contribution in [0.1, 0.15) is 41.4 Å². The van der Waals surface area contributed by atoms with Crippen molar-refractivity contribution in [3.05, 3.63) is 174 Å². The maximum Gasteiger partial charge on any atom is 0.229 e. The highest BCUT2D eigenvalue weighted by Gasteiger charge is 2.52. The monoisotopic (exact) mass is 774 g/mol. The smallest absolute Gasteiger partial charge is 0.229 e. The summed E-state index contributed by atoms with van der Waals surface area (Å²) in [5.41, 5.74) is 3.82. The van der Waals surface area contributed by atoms with Crippen LogP contribution in [0, 0.1) is 0 Å². The molecule has 8 rings (SSSR count). The molecule has 0 spiro atoms. The lowest BCUT2D eigenvalue weighted by atomic mass is 9.89. The molecule has 0 amide bonds. The second-order valence-corrected chi connectivity index (χ2v) is 14.7. The quantitative estimate of drug-likeness (QED) is 0.116. The number of aliphatic hydroxyl groups is 2. The lowest BCUT2D eigenvalue weighted by molar-refractivity contribution is -0.331. The van der Waals surface area contributed by atoms with Crippen molar-refractivity contribution < 1.29 is 48.1 Å². The van der Waals surface area contributed by atoms with E-state index in [1.54, 1.807) is 0 Å². The highest BCUT2D eigenvalue weighted by molar-refractivity contribution is 5.22. The zero-order valence-electron chi connectivity index (χ0n) is 31.7. The van der Waals surface area contributed by atoms with Crippen LogP contribution in [0.2, 0.25) is 0 Å². The molecule has 3 saturated heterocycles. The lowest BCUT2D eigenvalue weighted by Gasteiger charge is -2.48. The van der Waals surface area contributed by atoms with Crippen LogP contribution in [0.25, 0.3) is 0 Å². The van der Waals surface area contributed by atoms with Crippen LogP contribution in [0.3, 0.4) is 0 Å². The Balaban J connectivity index is 1.06. The van der Waals surface area contributed by atoms with Gasteiger partial charge in [0, 0.05) is 5.56 Å². The predicted octanol–water partition coefficient (Wildman–Crippen LogP) is 6.93. The fourth-order valence-electron chi connectivity index (χ4n) is 7.74. The summed E-state index contributed by atoms with van der Waals surface area (Å²) in [6.07, 6.45) is -7.88. The summed E-state index contributed by atoms with van der Waals surface area (Å²) in [6, 6.07) is 49.0. The van der Waals surface area contributed by atoms with Crippen molar-refractivity contribution in [1.29, 1.82) is 0 Å². The minimum atomic E-state index is -1.21. The summed E-state index contributed by atoms with van der Waals surface area (Å²) in [6.45, 7) is 1.10. The van der Waals surface area contributed by atoms with Crippen molar-refractivity contribution >= 4 is 0 Å². The Kier molecular flexibility index (Phi) is 13.3. The summed E-state index contributed by atoms with van der Waals surface area (Å²) >= 11 is 0. The highest BCUT2D eigenvalue weighted by atomic mass is 16.7. The maximum absolute atomic E-state index is 11.5. The largest absolute Gasteiger partial charge is 0.462 e. The van der Waals surface area contributed by atoms with E-state index in [1.807, 2.05) is 152 Å². The number of para-hydroxylation sites is 1. The molecule has 0 bridgehead atoms. The minimum Gasteiger partial charge on any atom is -0.462 e. The van der Waals surface area contributed by atoms with E-state index in [4.69, 9.17) is 37.9 Å². The molecule has 298 valence electrons. The third kappa shape index (κ3) is 9.99. The summed E-state index contributed by atoms with van der Waals surface area (Å²) in [5.74, 6) is 0.617. The van der Waals surface area contributed by atoms with Gasteiger partial charge in [-0.3, -0.25) is 0 Å². The number of rotatable bonds is 15. The van der Waals surface area contributed by atoms with Crippen molar-refractivity contribution in [2.75, 3.05) is 6.61 Å². The molecule has 0 unspecified atom stereocenters. The van der Waals surface area contributed by atoms with E-state index in [2.05, 4.69) is 0 Å². The van der Waals surface area contributed by atoms with Crippen molar-refractivity contribution in [2.45, 2.75) is 100 Å². The molecule has 57 heavy (non-hydrogen) atoms. The number of hydrogen-bond acceptors (Lipinski definition) is 10. The molecule has 10 nitrogen and oxygen atoms in total. The summed E-state index contributed by atoms with van der Waals surface area (Å²) in [5, 5.41) is 22.9. The van der Waals surface area contributed by atoms with Gasteiger partial charge in [0.05, 0.1) is 38.6 Å². The topological polar surface area (TPSA) is 114 Å². The lowest BCUT2D eigenvalue weighted by Crippen LogP contribution is -2.63. The van der Waals surface area contributed by atoms with Crippen LogP contribution in [0.5, 0.6) is 5.75 Å². The Morgan fingerprint density at radius 1 is 0.491 bits per heavy atom. The molecule has 0 aliphatic carbocycles. The molecular formula is C47H50O10. The SMILES string of the molecule is O[C@@H]1[C@H](O)[C@@H](CC[C@H]2O[C@H](Oc3ccccc3)[C@@H](OCc3ccccc3)[C@@H](OCc3ccccc3)[C@@H]2OCc2ccccc2)O[C@@H]2CO[C@@H](c3ccccc3)O[C@@H]12. The fourth-order valence-corrected chi connectivity index (χ4v) is 7.74. The molecule has 3 aliphatic rings. The number of benzene rings is 5. The number of hydrogen-bond donors (Lipinski definition) is 2. The molecule has 5 aromatic rings. The standard InChI is InChI=1S/C47H50O10/c48-40-37(55-39-31-53-46(57-42(39)41(40)49)35-22-12-4-13-23-35)26-27-38-43(50-28-32-16-6-1-7-17-32)44(51-29-33-18-8-2-9-19-33)45(52-30-34-20-10-3-11-21-34)47(56-38)54-36-24-14-5-15-25-36/h1-25,37-49H,26-31H2/t37-,38-,39-,40-,41-,42-,43-,44+,45+,46-,47+/m1/s1. The fraction of sp³-hybridized carbons (Fsp3) is 0.362. The molecular weight excluding hydrogens is 725 g/mol. The third-order valence-corrected chi connectivity index (χ3v) is 10.7.